The highest BCUT2D eigenvalue weighted by atomic mass is 79.9. The van der Waals surface area contributed by atoms with Crippen molar-refractivity contribution in [3.05, 3.63) is 136 Å². The Morgan fingerprint density at radius 2 is 1.64 bits per heavy atom. The van der Waals surface area contributed by atoms with Crippen LogP contribution in [0.5, 0.6) is 11.5 Å². The van der Waals surface area contributed by atoms with E-state index in [1.54, 1.807) is 61.7 Å². The van der Waals surface area contributed by atoms with Crippen molar-refractivity contribution in [1.82, 2.24) is 10.7 Å². The van der Waals surface area contributed by atoms with Crippen LogP contribution >= 0.6 is 15.9 Å². The Bertz CT molecular complexity index is 1490. The molecule has 196 valence electrons. The van der Waals surface area contributed by atoms with Gasteiger partial charge in [-0.25, -0.2) is 5.43 Å². The average Bonchev–Trinajstić information content (AvgIpc) is 2.97. The second-order valence-electron chi connectivity index (χ2n) is 8.31. The molecule has 2 amide bonds. The van der Waals surface area contributed by atoms with Gasteiger partial charge in [0.1, 0.15) is 23.8 Å². The number of carbonyl (C=O) groups excluding carboxylic acids is 2. The number of ether oxygens (including phenoxy) is 2. The summed E-state index contributed by atoms with van der Waals surface area (Å²) in [5, 5.41) is 6.81. The quantitative estimate of drug-likeness (QED) is 0.137. The number of rotatable bonds is 10. The van der Waals surface area contributed by atoms with E-state index < -0.39 is 11.8 Å². The van der Waals surface area contributed by atoms with Crippen molar-refractivity contribution in [2.75, 3.05) is 7.11 Å². The van der Waals surface area contributed by atoms with E-state index in [1.165, 1.54) is 6.21 Å². The minimum absolute atomic E-state index is 0.0327. The molecule has 0 saturated carbocycles. The predicted molar refractivity (Wildman–Crippen MR) is 156 cm³/mol. The largest absolute Gasteiger partial charge is 0.497 e. The third kappa shape index (κ3) is 8.15. The van der Waals surface area contributed by atoms with Gasteiger partial charge in [0, 0.05) is 15.6 Å². The summed E-state index contributed by atoms with van der Waals surface area (Å²) < 4.78 is 12.1. The van der Waals surface area contributed by atoms with Crippen LogP contribution in [0.2, 0.25) is 0 Å². The molecule has 0 bridgehead atoms. The van der Waals surface area contributed by atoms with Crippen molar-refractivity contribution in [2.24, 2.45) is 5.10 Å². The molecule has 0 aliphatic rings. The van der Waals surface area contributed by atoms with Crippen LogP contribution in [-0.4, -0.2) is 25.1 Å². The lowest BCUT2D eigenvalue weighted by molar-refractivity contribution is -0.117. The van der Waals surface area contributed by atoms with E-state index in [9.17, 15) is 9.59 Å². The van der Waals surface area contributed by atoms with Gasteiger partial charge in [0.2, 0.25) is 0 Å². The molecule has 0 atom stereocenters. The highest BCUT2D eigenvalue weighted by Gasteiger charge is 2.14. The number of methoxy groups -OCH3 is 1. The molecule has 0 fully saturated rings. The monoisotopic (exact) mass is 583 g/mol. The Balaban J connectivity index is 1.49. The van der Waals surface area contributed by atoms with Gasteiger partial charge in [0.25, 0.3) is 11.8 Å². The van der Waals surface area contributed by atoms with Crippen LogP contribution in [0.15, 0.2) is 118 Å². The van der Waals surface area contributed by atoms with Gasteiger partial charge >= 0.3 is 0 Å². The second-order valence-corrected chi connectivity index (χ2v) is 9.22. The Morgan fingerprint density at radius 1 is 0.897 bits per heavy atom. The van der Waals surface area contributed by atoms with Crippen LogP contribution in [0.1, 0.15) is 27.0 Å². The first kappa shape index (κ1) is 27.3. The van der Waals surface area contributed by atoms with E-state index in [2.05, 4.69) is 31.8 Å². The molecule has 0 saturated heterocycles. The maximum absolute atomic E-state index is 13.1. The van der Waals surface area contributed by atoms with Crippen molar-refractivity contribution in [1.29, 1.82) is 0 Å². The van der Waals surface area contributed by atoms with E-state index in [1.807, 2.05) is 54.6 Å². The molecule has 0 aliphatic carbocycles. The van der Waals surface area contributed by atoms with Gasteiger partial charge in [-0.3, -0.25) is 9.59 Å². The van der Waals surface area contributed by atoms with Crippen LogP contribution in [-0.2, 0) is 11.4 Å². The van der Waals surface area contributed by atoms with E-state index in [0.29, 0.717) is 34.8 Å². The smallest absolute Gasteiger partial charge is 0.287 e. The molecule has 4 rings (SSSR count). The zero-order valence-electron chi connectivity index (χ0n) is 21.1. The minimum Gasteiger partial charge on any atom is -0.497 e. The number of hydrogen-bond donors (Lipinski definition) is 2. The van der Waals surface area contributed by atoms with Crippen molar-refractivity contribution in [3.63, 3.8) is 0 Å². The number of hydrazone groups is 1. The Labute approximate surface area is 235 Å². The molecule has 8 heteroatoms. The third-order valence-electron chi connectivity index (χ3n) is 5.53. The van der Waals surface area contributed by atoms with Crippen molar-refractivity contribution in [3.8, 4) is 11.5 Å². The van der Waals surface area contributed by atoms with Crippen LogP contribution in [0.4, 0.5) is 0 Å². The minimum atomic E-state index is -0.584. The van der Waals surface area contributed by atoms with Gasteiger partial charge < -0.3 is 14.8 Å². The summed E-state index contributed by atoms with van der Waals surface area (Å²) in [6.07, 6.45) is 3.07. The number of para-hydroxylation sites is 1. The molecule has 0 aliphatic heterocycles. The summed E-state index contributed by atoms with van der Waals surface area (Å²) in [4.78, 5) is 25.9. The Morgan fingerprint density at radius 3 is 2.38 bits per heavy atom. The first-order valence-corrected chi connectivity index (χ1v) is 12.8. The maximum atomic E-state index is 13.1. The zero-order valence-corrected chi connectivity index (χ0v) is 22.7. The molecule has 0 radical (unpaired) electrons. The van der Waals surface area contributed by atoms with E-state index in [0.717, 1.165) is 10.0 Å². The van der Waals surface area contributed by atoms with Crippen LogP contribution in [0.3, 0.4) is 0 Å². The summed E-state index contributed by atoms with van der Waals surface area (Å²) >= 11 is 3.46. The molecule has 4 aromatic rings. The fraction of sp³-hybridized carbons (Fsp3) is 0.0645. The van der Waals surface area contributed by atoms with E-state index >= 15 is 0 Å². The average molecular weight is 584 g/mol. The summed E-state index contributed by atoms with van der Waals surface area (Å²) in [5.74, 6) is 0.290. The Kier molecular flexibility index (Phi) is 9.63. The maximum Gasteiger partial charge on any atom is 0.287 e. The summed E-state index contributed by atoms with van der Waals surface area (Å²) in [6.45, 7) is 0.372. The molecule has 0 unspecified atom stereocenters. The molecule has 4 aromatic carbocycles. The van der Waals surface area contributed by atoms with Crippen molar-refractivity contribution < 1.29 is 19.1 Å². The first-order valence-electron chi connectivity index (χ1n) is 12.0. The number of halogens is 1. The standard InChI is InChI=1S/C31H26BrN3O4/c1-38-27-16-14-22(15-17-27)19-28(34-30(36)24-9-3-2-4-10-24)31(37)35-33-20-25-11-5-6-13-29(25)39-21-23-8-7-12-26(32)18-23/h2-20H,21H2,1H3,(H,34,36)(H,35,37). The lowest BCUT2D eigenvalue weighted by Crippen LogP contribution is -2.32. The molecule has 2 N–H and O–H groups in total. The van der Waals surface area contributed by atoms with Gasteiger partial charge in [0.05, 0.1) is 13.3 Å². The summed E-state index contributed by atoms with van der Waals surface area (Å²) in [6, 6.07) is 31.0. The molecule has 7 nitrogen and oxygen atoms in total. The number of amides is 2. The van der Waals surface area contributed by atoms with Crippen molar-refractivity contribution in [2.45, 2.75) is 6.61 Å². The third-order valence-corrected chi connectivity index (χ3v) is 6.02. The number of nitrogens with zero attached hydrogens (tertiary/aromatic N) is 1. The molecular weight excluding hydrogens is 558 g/mol. The van der Waals surface area contributed by atoms with Gasteiger partial charge in [-0.1, -0.05) is 70.5 Å². The molecule has 0 spiro atoms. The highest BCUT2D eigenvalue weighted by Crippen LogP contribution is 2.19. The van der Waals surface area contributed by atoms with E-state index in [-0.39, 0.29) is 5.70 Å². The Hall–Kier alpha value is -4.69. The van der Waals surface area contributed by atoms with E-state index in [4.69, 9.17) is 9.47 Å². The topological polar surface area (TPSA) is 89.0 Å². The SMILES string of the molecule is COc1ccc(C=C(NC(=O)c2ccccc2)C(=O)NN=Cc2ccccc2OCc2cccc(Br)c2)cc1. The molecular formula is C31H26BrN3O4. The highest BCUT2D eigenvalue weighted by molar-refractivity contribution is 9.10. The van der Waals surface area contributed by atoms with Gasteiger partial charge in [-0.2, -0.15) is 5.10 Å². The fourth-order valence-electron chi connectivity index (χ4n) is 3.54. The summed E-state index contributed by atoms with van der Waals surface area (Å²) in [7, 11) is 1.58. The number of carbonyl (C=O) groups is 2. The normalized spacial score (nSPS) is 11.2. The zero-order chi connectivity index (χ0) is 27.5. The lowest BCUT2D eigenvalue weighted by atomic mass is 10.1. The lowest BCUT2D eigenvalue weighted by Gasteiger charge is -2.10. The molecule has 0 heterocycles. The first-order chi connectivity index (χ1) is 19.0. The van der Waals surface area contributed by atoms with Gasteiger partial charge in [0.15, 0.2) is 0 Å². The predicted octanol–water partition coefficient (Wildman–Crippen LogP) is 5.96. The van der Waals surface area contributed by atoms with Crippen LogP contribution < -0.4 is 20.2 Å². The van der Waals surface area contributed by atoms with Crippen LogP contribution in [0, 0.1) is 0 Å². The number of benzene rings is 4. The second kappa shape index (κ2) is 13.7. The van der Waals surface area contributed by atoms with Crippen molar-refractivity contribution >= 4 is 40.0 Å². The molecule has 0 aromatic heterocycles. The van der Waals surface area contributed by atoms with Gasteiger partial charge in [-0.15, -0.1) is 0 Å². The summed E-state index contributed by atoms with van der Waals surface area (Å²) in [5.41, 5.74) is 5.34. The van der Waals surface area contributed by atoms with Gasteiger partial charge in [-0.05, 0) is 65.7 Å². The number of hydrogen-bond acceptors (Lipinski definition) is 5. The fourth-order valence-corrected chi connectivity index (χ4v) is 3.98. The molecule has 39 heavy (non-hydrogen) atoms. The van der Waals surface area contributed by atoms with Crippen LogP contribution in [0.25, 0.3) is 6.08 Å². The number of nitrogens with one attached hydrogen (secondary N) is 2.